The summed E-state index contributed by atoms with van der Waals surface area (Å²) in [5.41, 5.74) is 1.47. The van der Waals surface area contributed by atoms with Crippen molar-refractivity contribution >= 4 is 16.8 Å². The zero-order valence-electron chi connectivity index (χ0n) is 22.4. The zero-order valence-corrected chi connectivity index (χ0v) is 22.4. The summed E-state index contributed by atoms with van der Waals surface area (Å²) in [5.74, 6) is 1.10. The number of nitrogens with zero attached hydrogens (tertiary/aromatic N) is 4. The second-order valence-corrected chi connectivity index (χ2v) is 10.4. The van der Waals surface area contributed by atoms with Crippen molar-refractivity contribution in [3.05, 3.63) is 82.9 Å². The molecule has 2 aromatic heterocycles. The maximum Gasteiger partial charge on any atom is 0.250 e. The van der Waals surface area contributed by atoms with Gasteiger partial charge in [0, 0.05) is 24.7 Å². The van der Waals surface area contributed by atoms with Crippen LogP contribution < -0.4 is 20.3 Å². The second kappa shape index (κ2) is 10.3. The van der Waals surface area contributed by atoms with Gasteiger partial charge in [-0.3, -0.25) is 9.59 Å². The summed E-state index contributed by atoms with van der Waals surface area (Å²) >= 11 is 0. The van der Waals surface area contributed by atoms with Crippen LogP contribution in [0.3, 0.4) is 0 Å². The lowest BCUT2D eigenvalue weighted by Crippen LogP contribution is -2.47. The Morgan fingerprint density at radius 2 is 1.82 bits per heavy atom. The molecule has 1 aliphatic rings. The van der Waals surface area contributed by atoms with Crippen LogP contribution in [0.1, 0.15) is 38.4 Å². The molecule has 9 heteroatoms. The molecule has 1 amide bonds. The van der Waals surface area contributed by atoms with Crippen LogP contribution in [0.15, 0.2) is 71.8 Å². The highest BCUT2D eigenvalue weighted by atomic mass is 16.5. The van der Waals surface area contributed by atoms with Gasteiger partial charge in [-0.25, -0.2) is 4.68 Å². The molecule has 1 N–H and O–H groups in total. The molecule has 2 heterocycles. The molecule has 2 aromatic carbocycles. The largest absolute Gasteiger partial charge is 0.497 e. The molecule has 200 valence electrons. The van der Waals surface area contributed by atoms with E-state index in [9.17, 15) is 14.9 Å². The van der Waals surface area contributed by atoms with Crippen LogP contribution >= 0.6 is 0 Å². The minimum Gasteiger partial charge on any atom is -0.497 e. The SMILES string of the molecule is COc1ccc([C@@H](Oc2ccc3c(cnn3-c3ccc(=O)n(C)c3)c2)[C@@H](NC(=O)C2(C#N)CC2)C(C)C)cc1. The summed E-state index contributed by atoms with van der Waals surface area (Å²) in [4.78, 5) is 24.9. The topological polar surface area (TPSA) is 111 Å². The van der Waals surface area contributed by atoms with Crippen LogP contribution in [0.25, 0.3) is 16.6 Å². The molecular weight excluding hydrogens is 494 g/mol. The third kappa shape index (κ3) is 5.10. The molecule has 0 radical (unpaired) electrons. The highest BCUT2D eigenvalue weighted by molar-refractivity contribution is 5.88. The van der Waals surface area contributed by atoms with E-state index in [1.807, 2.05) is 56.3 Å². The van der Waals surface area contributed by atoms with E-state index in [4.69, 9.17) is 9.47 Å². The number of ether oxygens (including phenoxy) is 2. The van der Waals surface area contributed by atoms with Crippen molar-refractivity contribution in [3.63, 3.8) is 0 Å². The number of methoxy groups -OCH3 is 1. The maximum atomic E-state index is 13.1. The van der Waals surface area contributed by atoms with Crippen LogP contribution in [0.4, 0.5) is 0 Å². The number of rotatable bonds is 9. The van der Waals surface area contributed by atoms with Crippen LogP contribution in [0, 0.1) is 22.7 Å². The number of aromatic nitrogens is 3. The Hall–Kier alpha value is -4.58. The third-order valence-corrected chi connectivity index (χ3v) is 7.30. The number of benzene rings is 2. The molecule has 0 saturated heterocycles. The number of pyridine rings is 1. The first-order valence-corrected chi connectivity index (χ1v) is 12.9. The molecule has 0 spiro atoms. The molecule has 1 fully saturated rings. The lowest BCUT2D eigenvalue weighted by Gasteiger charge is -2.32. The Morgan fingerprint density at radius 1 is 1.10 bits per heavy atom. The van der Waals surface area contributed by atoms with E-state index in [1.54, 1.807) is 37.3 Å². The first kappa shape index (κ1) is 26.0. The van der Waals surface area contributed by atoms with Crippen molar-refractivity contribution < 1.29 is 14.3 Å². The van der Waals surface area contributed by atoms with E-state index < -0.39 is 11.5 Å². The number of carbonyl (C=O) groups excluding carboxylic acids is 1. The zero-order chi connectivity index (χ0) is 27.7. The number of aryl methyl sites for hydroxylation is 1. The summed E-state index contributed by atoms with van der Waals surface area (Å²) in [6.45, 7) is 4.05. The Balaban J connectivity index is 1.49. The molecule has 5 rings (SSSR count). The highest BCUT2D eigenvalue weighted by Crippen LogP contribution is 2.45. The Kier molecular flexibility index (Phi) is 6.87. The van der Waals surface area contributed by atoms with Gasteiger partial charge >= 0.3 is 0 Å². The summed E-state index contributed by atoms with van der Waals surface area (Å²) < 4.78 is 15.2. The fraction of sp³-hybridized carbons (Fsp3) is 0.333. The van der Waals surface area contributed by atoms with E-state index in [0.717, 1.165) is 27.9 Å². The van der Waals surface area contributed by atoms with Gasteiger partial charge in [0.25, 0.3) is 0 Å². The van der Waals surface area contributed by atoms with Crippen LogP contribution in [-0.4, -0.2) is 33.4 Å². The Bertz CT molecular complexity index is 1610. The molecule has 0 unspecified atom stereocenters. The molecule has 1 aliphatic carbocycles. The van der Waals surface area contributed by atoms with Crippen molar-refractivity contribution in [2.24, 2.45) is 18.4 Å². The number of nitriles is 1. The number of hydrogen-bond donors (Lipinski definition) is 1. The van der Waals surface area contributed by atoms with E-state index in [-0.39, 0.29) is 23.4 Å². The normalized spacial score (nSPS) is 15.4. The van der Waals surface area contributed by atoms with E-state index in [1.165, 1.54) is 10.6 Å². The highest BCUT2D eigenvalue weighted by Gasteiger charge is 2.51. The minimum absolute atomic E-state index is 0.0201. The molecule has 2 atom stereocenters. The van der Waals surface area contributed by atoms with Crippen molar-refractivity contribution in [1.29, 1.82) is 5.26 Å². The standard InChI is InChI=1S/C30H31N5O4/c1-19(2)27(33-29(37)30(18-31)13-14-30)28(20-5-8-23(38-4)9-6-20)39-24-10-11-25-21(15-24)16-32-35(25)22-7-12-26(36)34(3)17-22/h5-12,15-17,19,27-28H,13-14H2,1-4H3,(H,33,37)/t27-,28+/m0/s1. The van der Waals surface area contributed by atoms with Crippen LogP contribution in [-0.2, 0) is 11.8 Å². The summed E-state index contributed by atoms with van der Waals surface area (Å²) in [7, 11) is 3.32. The Morgan fingerprint density at radius 3 is 2.44 bits per heavy atom. The lowest BCUT2D eigenvalue weighted by atomic mass is 9.92. The van der Waals surface area contributed by atoms with E-state index in [2.05, 4.69) is 16.5 Å². The van der Waals surface area contributed by atoms with Crippen molar-refractivity contribution in [3.8, 4) is 23.3 Å². The molecule has 0 bridgehead atoms. The van der Waals surface area contributed by atoms with Gasteiger partial charge in [0.15, 0.2) is 0 Å². The van der Waals surface area contributed by atoms with Crippen molar-refractivity contribution in [1.82, 2.24) is 19.7 Å². The van der Waals surface area contributed by atoms with E-state index in [0.29, 0.717) is 18.6 Å². The van der Waals surface area contributed by atoms with Gasteiger partial charge < -0.3 is 19.4 Å². The van der Waals surface area contributed by atoms with Gasteiger partial charge in [-0.05, 0) is 60.7 Å². The molecule has 9 nitrogen and oxygen atoms in total. The fourth-order valence-electron chi connectivity index (χ4n) is 4.68. The smallest absolute Gasteiger partial charge is 0.250 e. The maximum absolute atomic E-state index is 13.1. The minimum atomic E-state index is -0.938. The molecule has 1 saturated carbocycles. The lowest BCUT2D eigenvalue weighted by molar-refractivity contribution is -0.126. The fourth-order valence-corrected chi connectivity index (χ4v) is 4.68. The molecular formula is C30H31N5O4. The van der Waals surface area contributed by atoms with Gasteiger partial charge in [-0.15, -0.1) is 0 Å². The predicted molar refractivity (Wildman–Crippen MR) is 147 cm³/mol. The van der Waals surface area contributed by atoms with E-state index >= 15 is 0 Å². The van der Waals surface area contributed by atoms with Crippen molar-refractivity contribution in [2.45, 2.75) is 38.8 Å². The first-order chi connectivity index (χ1) is 18.7. The Labute approximate surface area is 226 Å². The number of amides is 1. The van der Waals surface area contributed by atoms with Crippen LogP contribution in [0.5, 0.6) is 11.5 Å². The quantitative estimate of drug-likeness (QED) is 0.349. The second-order valence-electron chi connectivity index (χ2n) is 10.4. The van der Waals surface area contributed by atoms with Gasteiger partial charge in [-0.1, -0.05) is 26.0 Å². The number of hydrogen-bond acceptors (Lipinski definition) is 6. The van der Waals surface area contributed by atoms with Crippen molar-refractivity contribution in [2.75, 3.05) is 7.11 Å². The first-order valence-electron chi connectivity index (χ1n) is 12.9. The summed E-state index contributed by atoms with van der Waals surface area (Å²) in [6.07, 6.45) is 4.11. The van der Waals surface area contributed by atoms with Gasteiger partial charge in [0.1, 0.15) is 23.0 Å². The third-order valence-electron chi connectivity index (χ3n) is 7.30. The predicted octanol–water partition coefficient (Wildman–Crippen LogP) is 4.30. The van der Waals surface area contributed by atoms with Gasteiger partial charge in [0.2, 0.25) is 11.5 Å². The number of carbonyl (C=O) groups is 1. The van der Waals surface area contributed by atoms with Crippen LogP contribution in [0.2, 0.25) is 0 Å². The number of nitrogens with one attached hydrogen (secondary N) is 1. The average molecular weight is 526 g/mol. The number of fused-ring (bicyclic) bond motifs is 1. The van der Waals surface area contributed by atoms with Gasteiger partial charge in [-0.2, -0.15) is 10.4 Å². The summed E-state index contributed by atoms with van der Waals surface area (Å²) in [5, 5.41) is 18.1. The molecule has 39 heavy (non-hydrogen) atoms. The average Bonchev–Trinajstić information content (AvgIpc) is 3.64. The summed E-state index contributed by atoms with van der Waals surface area (Å²) in [6, 6.07) is 18.3. The monoisotopic (exact) mass is 525 g/mol. The molecule has 4 aromatic rings. The van der Waals surface area contributed by atoms with Gasteiger partial charge in [0.05, 0.1) is 36.6 Å². The molecule has 0 aliphatic heterocycles.